The van der Waals surface area contributed by atoms with Crippen LogP contribution in [0.5, 0.6) is 5.75 Å². The van der Waals surface area contributed by atoms with E-state index in [9.17, 15) is 9.59 Å². The third kappa shape index (κ3) is 5.30. The summed E-state index contributed by atoms with van der Waals surface area (Å²) in [6, 6.07) is 13.3. The van der Waals surface area contributed by atoms with Crippen LogP contribution in [0.4, 0.5) is 5.69 Å². The summed E-state index contributed by atoms with van der Waals surface area (Å²) >= 11 is 1.36. The van der Waals surface area contributed by atoms with Crippen molar-refractivity contribution >= 4 is 29.1 Å². The van der Waals surface area contributed by atoms with Crippen LogP contribution in [0.25, 0.3) is 6.08 Å². The first-order valence-corrected chi connectivity index (χ1v) is 14.5. The average Bonchev–Trinajstić information content (AvgIpc) is 3.58. The summed E-state index contributed by atoms with van der Waals surface area (Å²) in [6.45, 7) is 8.33. The lowest BCUT2D eigenvalue weighted by Crippen LogP contribution is -2.40. The Morgan fingerprint density at radius 3 is 2.64 bits per heavy atom. The Hall–Kier alpha value is -3.65. The quantitative estimate of drug-likeness (QED) is 0.390. The van der Waals surface area contributed by atoms with Crippen LogP contribution in [-0.2, 0) is 9.53 Å². The maximum atomic E-state index is 14.0. The highest BCUT2D eigenvalue weighted by Gasteiger charge is 2.34. The van der Waals surface area contributed by atoms with Crippen molar-refractivity contribution in [3.05, 3.63) is 90.1 Å². The van der Waals surface area contributed by atoms with Crippen molar-refractivity contribution in [3.63, 3.8) is 0 Å². The predicted octanol–water partition coefficient (Wildman–Crippen LogP) is 4.50. The molecule has 1 aromatic heterocycles. The average molecular weight is 546 g/mol. The number of allylic oxidation sites excluding steroid dienone is 1. The Bertz CT molecular complexity index is 1590. The Morgan fingerprint density at radius 2 is 1.95 bits per heavy atom. The minimum absolute atomic E-state index is 0.174. The molecule has 2 aliphatic rings. The number of benzene rings is 2. The van der Waals surface area contributed by atoms with E-state index in [4.69, 9.17) is 14.5 Å². The number of carbonyl (C=O) groups excluding carboxylic acids is 1. The predicted molar refractivity (Wildman–Crippen MR) is 155 cm³/mol. The third-order valence-corrected chi connectivity index (χ3v) is 8.30. The van der Waals surface area contributed by atoms with Crippen LogP contribution in [-0.4, -0.2) is 37.3 Å². The molecule has 0 radical (unpaired) electrons. The molecule has 8 heteroatoms. The summed E-state index contributed by atoms with van der Waals surface area (Å²) in [7, 11) is 1.60. The van der Waals surface area contributed by atoms with Crippen molar-refractivity contribution in [1.29, 1.82) is 0 Å². The van der Waals surface area contributed by atoms with Gasteiger partial charge >= 0.3 is 5.97 Å². The van der Waals surface area contributed by atoms with Gasteiger partial charge in [0.1, 0.15) is 5.75 Å². The topological polar surface area (TPSA) is 73.1 Å². The van der Waals surface area contributed by atoms with Crippen molar-refractivity contribution < 1.29 is 14.3 Å². The number of thiazole rings is 1. The van der Waals surface area contributed by atoms with Crippen molar-refractivity contribution in [3.8, 4) is 5.75 Å². The smallest absolute Gasteiger partial charge is 0.338 e. The number of aromatic nitrogens is 1. The highest BCUT2D eigenvalue weighted by Crippen LogP contribution is 2.34. The van der Waals surface area contributed by atoms with Gasteiger partial charge in [-0.1, -0.05) is 42.9 Å². The Balaban J connectivity index is 1.68. The van der Waals surface area contributed by atoms with Gasteiger partial charge in [-0.25, -0.2) is 9.79 Å². The van der Waals surface area contributed by atoms with Crippen LogP contribution in [0.1, 0.15) is 62.3 Å². The Kier molecular flexibility index (Phi) is 8.02. The normalized spacial score (nSPS) is 17.3. The van der Waals surface area contributed by atoms with E-state index >= 15 is 0 Å². The number of rotatable bonds is 8. The summed E-state index contributed by atoms with van der Waals surface area (Å²) in [5.74, 6) is 0.209. The van der Waals surface area contributed by atoms with E-state index in [0.29, 0.717) is 32.8 Å². The van der Waals surface area contributed by atoms with Gasteiger partial charge in [-0.3, -0.25) is 9.36 Å². The first kappa shape index (κ1) is 26.9. The standard InChI is InChI=1S/C31H35N3O4S/c1-5-10-25-27(30(36)38-6-2)28(22-11-9-12-24(18-22)37-4)34-29(35)26(39-31(34)32-25)19-21-13-14-23(17-20(21)3)33-15-7-8-16-33/h9,11-14,17-19,28H,5-8,10,15-16H2,1-4H3/b26-19+/t28-/m1/s1. The van der Waals surface area contributed by atoms with Gasteiger partial charge in [0, 0.05) is 18.8 Å². The van der Waals surface area contributed by atoms with Gasteiger partial charge in [0.05, 0.1) is 35.6 Å². The van der Waals surface area contributed by atoms with E-state index < -0.39 is 12.0 Å². The zero-order chi connectivity index (χ0) is 27.5. The molecule has 3 heterocycles. The summed E-state index contributed by atoms with van der Waals surface area (Å²) in [5, 5.41) is 0. The molecule has 7 nitrogen and oxygen atoms in total. The van der Waals surface area contributed by atoms with Crippen molar-refractivity contribution in [2.24, 2.45) is 4.99 Å². The SMILES string of the molecule is CCCC1=C(C(=O)OCC)[C@@H](c2cccc(OC)c2)n2c(s/c(=C/c3ccc(N4CCCC4)cc3C)c2=O)=N1. The number of carbonyl (C=O) groups is 1. The number of anilines is 1. The van der Waals surface area contributed by atoms with Crippen LogP contribution >= 0.6 is 11.3 Å². The number of fused-ring (bicyclic) bond motifs is 1. The number of ether oxygens (including phenoxy) is 2. The third-order valence-electron chi connectivity index (χ3n) is 7.31. The Labute approximate surface area is 232 Å². The van der Waals surface area contributed by atoms with Crippen LogP contribution < -0.4 is 24.5 Å². The van der Waals surface area contributed by atoms with Crippen molar-refractivity contribution in [2.75, 3.05) is 31.7 Å². The number of esters is 1. The minimum atomic E-state index is -0.655. The second kappa shape index (κ2) is 11.6. The van der Waals surface area contributed by atoms with Crippen LogP contribution in [0.3, 0.4) is 0 Å². The second-order valence-electron chi connectivity index (χ2n) is 9.93. The maximum absolute atomic E-state index is 14.0. The van der Waals surface area contributed by atoms with E-state index in [1.54, 1.807) is 18.6 Å². The molecular formula is C31H35N3O4S. The van der Waals surface area contributed by atoms with E-state index in [0.717, 1.165) is 36.2 Å². The van der Waals surface area contributed by atoms with E-state index in [1.807, 2.05) is 30.3 Å². The van der Waals surface area contributed by atoms with E-state index in [1.165, 1.54) is 29.9 Å². The van der Waals surface area contributed by atoms with E-state index in [2.05, 4.69) is 36.9 Å². The number of aryl methyl sites for hydroxylation is 1. The molecule has 0 amide bonds. The highest BCUT2D eigenvalue weighted by molar-refractivity contribution is 7.07. The van der Waals surface area contributed by atoms with Gasteiger partial charge in [-0.15, -0.1) is 0 Å². The van der Waals surface area contributed by atoms with Crippen LogP contribution in [0.2, 0.25) is 0 Å². The number of methoxy groups -OCH3 is 1. The molecule has 2 aliphatic heterocycles. The van der Waals surface area contributed by atoms with E-state index in [-0.39, 0.29) is 12.2 Å². The first-order chi connectivity index (χ1) is 18.9. The van der Waals surface area contributed by atoms with Crippen LogP contribution in [0.15, 0.2) is 63.5 Å². The molecular weight excluding hydrogens is 510 g/mol. The second-order valence-corrected chi connectivity index (χ2v) is 10.9. The zero-order valence-corrected chi connectivity index (χ0v) is 23.8. The minimum Gasteiger partial charge on any atom is -0.497 e. The molecule has 39 heavy (non-hydrogen) atoms. The molecule has 0 aliphatic carbocycles. The fourth-order valence-electron chi connectivity index (χ4n) is 5.38. The summed E-state index contributed by atoms with van der Waals surface area (Å²) < 4.78 is 13.2. The van der Waals surface area contributed by atoms with Gasteiger partial charge in [-0.05, 0) is 80.1 Å². The molecule has 0 saturated carbocycles. The van der Waals surface area contributed by atoms with Gasteiger partial charge in [0.15, 0.2) is 4.80 Å². The summed E-state index contributed by atoms with van der Waals surface area (Å²) in [5.41, 5.74) is 5.03. The zero-order valence-electron chi connectivity index (χ0n) is 23.0. The number of hydrogen-bond donors (Lipinski definition) is 0. The molecule has 1 saturated heterocycles. The number of nitrogens with zero attached hydrogens (tertiary/aromatic N) is 3. The van der Waals surface area contributed by atoms with Crippen molar-refractivity contribution in [1.82, 2.24) is 4.57 Å². The lowest BCUT2D eigenvalue weighted by molar-refractivity contribution is -0.139. The molecule has 5 rings (SSSR count). The molecule has 0 N–H and O–H groups in total. The number of hydrogen-bond acceptors (Lipinski definition) is 7. The van der Waals surface area contributed by atoms with Gasteiger partial charge in [0.2, 0.25) is 0 Å². The molecule has 0 unspecified atom stereocenters. The molecule has 204 valence electrons. The fourth-order valence-corrected chi connectivity index (χ4v) is 6.39. The lowest BCUT2D eigenvalue weighted by atomic mass is 9.94. The largest absolute Gasteiger partial charge is 0.497 e. The molecule has 0 bridgehead atoms. The molecule has 0 spiro atoms. The molecule has 3 aromatic rings. The highest BCUT2D eigenvalue weighted by atomic mass is 32.1. The van der Waals surface area contributed by atoms with Gasteiger partial charge < -0.3 is 14.4 Å². The van der Waals surface area contributed by atoms with Gasteiger partial charge in [0.25, 0.3) is 5.56 Å². The molecule has 2 aromatic carbocycles. The Morgan fingerprint density at radius 1 is 1.15 bits per heavy atom. The van der Waals surface area contributed by atoms with Crippen molar-refractivity contribution in [2.45, 2.75) is 52.5 Å². The summed E-state index contributed by atoms with van der Waals surface area (Å²) in [6.07, 6.45) is 5.82. The summed E-state index contributed by atoms with van der Waals surface area (Å²) in [4.78, 5) is 35.2. The van der Waals surface area contributed by atoms with Crippen LogP contribution in [0, 0.1) is 6.92 Å². The molecule has 1 fully saturated rings. The monoisotopic (exact) mass is 545 g/mol. The maximum Gasteiger partial charge on any atom is 0.338 e. The molecule has 1 atom stereocenters. The lowest BCUT2D eigenvalue weighted by Gasteiger charge is -2.26. The van der Waals surface area contributed by atoms with Gasteiger partial charge in [-0.2, -0.15) is 0 Å². The fraction of sp³-hybridized carbons (Fsp3) is 0.387. The first-order valence-electron chi connectivity index (χ1n) is 13.7.